The fraction of sp³-hybridized carbons (Fsp3) is 0.588. The molecule has 1 amide bonds. The van der Waals surface area contributed by atoms with Crippen LogP contribution in [-0.2, 0) is 11.2 Å². The van der Waals surface area contributed by atoms with E-state index in [0.29, 0.717) is 18.9 Å². The Kier molecular flexibility index (Phi) is 7.69. The van der Waals surface area contributed by atoms with Crippen molar-refractivity contribution >= 4 is 18.3 Å². The SMILES string of the molecule is COc1ccc(CCC(=O)N2CCC(C)CC2CN)cc1.Cl. The Labute approximate surface area is 139 Å². The number of nitrogens with zero attached hydrogens (tertiary/aromatic N) is 1. The number of amides is 1. The number of carbonyl (C=O) groups excluding carboxylic acids is 1. The van der Waals surface area contributed by atoms with E-state index in [1.165, 1.54) is 5.56 Å². The summed E-state index contributed by atoms with van der Waals surface area (Å²) in [6.07, 6.45) is 3.44. The summed E-state index contributed by atoms with van der Waals surface area (Å²) in [4.78, 5) is 14.4. The lowest BCUT2D eigenvalue weighted by Crippen LogP contribution is -2.49. The van der Waals surface area contributed by atoms with Crippen LogP contribution < -0.4 is 10.5 Å². The molecule has 1 fully saturated rings. The van der Waals surface area contributed by atoms with Gasteiger partial charge in [-0.1, -0.05) is 19.1 Å². The molecule has 1 aliphatic rings. The molecule has 2 atom stereocenters. The lowest BCUT2D eigenvalue weighted by atomic mass is 9.92. The lowest BCUT2D eigenvalue weighted by molar-refractivity contribution is -0.135. The highest BCUT2D eigenvalue weighted by Crippen LogP contribution is 2.23. The van der Waals surface area contributed by atoms with Crippen LogP contribution in [0.1, 0.15) is 31.7 Å². The zero-order valence-corrected chi connectivity index (χ0v) is 14.3. The first-order valence-electron chi connectivity index (χ1n) is 7.76. The van der Waals surface area contributed by atoms with Crippen LogP contribution in [0.5, 0.6) is 5.75 Å². The number of likely N-dealkylation sites (tertiary alicyclic amines) is 1. The summed E-state index contributed by atoms with van der Waals surface area (Å²) in [7, 11) is 1.66. The number of rotatable bonds is 5. The number of ether oxygens (including phenoxy) is 1. The Hall–Kier alpha value is -1.26. The van der Waals surface area contributed by atoms with Crippen LogP contribution in [-0.4, -0.2) is 37.0 Å². The lowest BCUT2D eigenvalue weighted by Gasteiger charge is -2.38. The fourth-order valence-corrected chi connectivity index (χ4v) is 2.99. The van der Waals surface area contributed by atoms with Crippen LogP contribution in [0.25, 0.3) is 0 Å². The number of aryl methyl sites for hydroxylation is 1. The van der Waals surface area contributed by atoms with Gasteiger partial charge < -0.3 is 15.4 Å². The van der Waals surface area contributed by atoms with Gasteiger partial charge in [-0.15, -0.1) is 12.4 Å². The molecule has 5 heteroatoms. The Morgan fingerprint density at radius 2 is 2.05 bits per heavy atom. The number of halogens is 1. The van der Waals surface area contributed by atoms with E-state index in [4.69, 9.17) is 10.5 Å². The molecule has 1 aliphatic heterocycles. The van der Waals surface area contributed by atoms with Crippen LogP contribution in [0, 0.1) is 5.92 Å². The quantitative estimate of drug-likeness (QED) is 0.905. The summed E-state index contributed by atoms with van der Waals surface area (Å²) in [5.41, 5.74) is 6.99. The number of carbonyl (C=O) groups is 1. The van der Waals surface area contributed by atoms with Crippen molar-refractivity contribution in [3.8, 4) is 5.75 Å². The van der Waals surface area contributed by atoms with E-state index in [0.717, 1.165) is 31.6 Å². The van der Waals surface area contributed by atoms with Crippen LogP contribution in [0.4, 0.5) is 0 Å². The van der Waals surface area contributed by atoms with E-state index in [9.17, 15) is 4.79 Å². The Morgan fingerprint density at radius 3 is 2.64 bits per heavy atom. The molecule has 4 nitrogen and oxygen atoms in total. The van der Waals surface area contributed by atoms with Crippen molar-refractivity contribution < 1.29 is 9.53 Å². The van der Waals surface area contributed by atoms with Gasteiger partial charge in [-0.25, -0.2) is 0 Å². The van der Waals surface area contributed by atoms with E-state index < -0.39 is 0 Å². The average Bonchev–Trinajstić information content (AvgIpc) is 2.52. The third-order valence-electron chi connectivity index (χ3n) is 4.36. The minimum absolute atomic E-state index is 0. The van der Waals surface area contributed by atoms with Crippen molar-refractivity contribution in [3.63, 3.8) is 0 Å². The van der Waals surface area contributed by atoms with Crippen molar-refractivity contribution in [2.24, 2.45) is 11.7 Å². The van der Waals surface area contributed by atoms with Gasteiger partial charge in [0.05, 0.1) is 7.11 Å². The molecule has 2 rings (SSSR count). The van der Waals surface area contributed by atoms with Crippen LogP contribution in [0.2, 0.25) is 0 Å². The molecule has 1 heterocycles. The van der Waals surface area contributed by atoms with Gasteiger partial charge in [0.2, 0.25) is 5.91 Å². The second-order valence-corrected chi connectivity index (χ2v) is 5.95. The normalized spacial score (nSPS) is 21.1. The first-order chi connectivity index (χ1) is 10.1. The molecule has 0 aliphatic carbocycles. The molecule has 124 valence electrons. The number of hydrogen-bond donors (Lipinski definition) is 1. The molecule has 2 unspecified atom stereocenters. The highest BCUT2D eigenvalue weighted by molar-refractivity contribution is 5.85. The Bertz CT molecular complexity index is 464. The van der Waals surface area contributed by atoms with Crippen molar-refractivity contribution in [3.05, 3.63) is 29.8 Å². The van der Waals surface area contributed by atoms with Gasteiger partial charge >= 0.3 is 0 Å². The topological polar surface area (TPSA) is 55.6 Å². The second kappa shape index (κ2) is 9.01. The van der Waals surface area contributed by atoms with E-state index in [1.54, 1.807) is 7.11 Å². The van der Waals surface area contributed by atoms with E-state index in [1.807, 2.05) is 29.2 Å². The molecule has 2 N–H and O–H groups in total. The monoisotopic (exact) mass is 326 g/mol. The largest absolute Gasteiger partial charge is 0.497 e. The highest BCUT2D eigenvalue weighted by atomic mass is 35.5. The van der Waals surface area contributed by atoms with Crippen LogP contribution in [0.3, 0.4) is 0 Å². The van der Waals surface area contributed by atoms with Gasteiger partial charge in [0.1, 0.15) is 5.75 Å². The van der Waals surface area contributed by atoms with Gasteiger partial charge in [0.25, 0.3) is 0 Å². The predicted octanol–water partition coefficient (Wildman–Crippen LogP) is 2.64. The maximum atomic E-state index is 12.4. The van der Waals surface area contributed by atoms with Crippen LogP contribution in [0.15, 0.2) is 24.3 Å². The fourth-order valence-electron chi connectivity index (χ4n) is 2.99. The molecule has 1 aromatic carbocycles. The van der Waals surface area contributed by atoms with Crippen molar-refractivity contribution in [2.45, 2.75) is 38.6 Å². The van der Waals surface area contributed by atoms with Gasteiger partial charge in [-0.3, -0.25) is 4.79 Å². The number of piperidine rings is 1. The number of nitrogens with two attached hydrogens (primary N) is 1. The molecule has 1 saturated heterocycles. The third-order valence-corrected chi connectivity index (χ3v) is 4.36. The summed E-state index contributed by atoms with van der Waals surface area (Å²) in [5, 5.41) is 0. The first-order valence-corrected chi connectivity index (χ1v) is 7.76. The molecule has 0 aromatic heterocycles. The summed E-state index contributed by atoms with van der Waals surface area (Å²) >= 11 is 0. The summed E-state index contributed by atoms with van der Waals surface area (Å²) in [6, 6.07) is 8.13. The molecule has 1 aromatic rings. The Morgan fingerprint density at radius 1 is 1.36 bits per heavy atom. The van der Waals surface area contributed by atoms with Crippen molar-refractivity contribution in [1.82, 2.24) is 4.90 Å². The minimum atomic E-state index is 0. The van der Waals surface area contributed by atoms with Gasteiger partial charge in [-0.2, -0.15) is 0 Å². The molecular weight excluding hydrogens is 300 g/mol. The van der Waals surface area contributed by atoms with Gasteiger partial charge in [0.15, 0.2) is 0 Å². The minimum Gasteiger partial charge on any atom is -0.497 e. The molecule has 0 saturated carbocycles. The molecule has 0 spiro atoms. The highest BCUT2D eigenvalue weighted by Gasteiger charge is 2.28. The number of benzene rings is 1. The maximum Gasteiger partial charge on any atom is 0.223 e. The number of hydrogen-bond acceptors (Lipinski definition) is 3. The van der Waals surface area contributed by atoms with E-state index >= 15 is 0 Å². The third kappa shape index (κ3) is 4.89. The van der Waals surface area contributed by atoms with Gasteiger partial charge in [0, 0.05) is 25.6 Å². The molecule has 0 bridgehead atoms. The summed E-state index contributed by atoms with van der Waals surface area (Å²) in [5.74, 6) is 1.75. The summed E-state index contributed by atoms with van der Waals surface area (Å²) in [6.45, 7) is 3.66. The van der Waals surface area contributed by atoms with Crippen LogP contribution >= 0.6 is 12.4 Å². The molecule has 22 heavy (non-hydrogen) atoms. The van der Waals surface area contributed by atoms with E-state index in [2.05, 4.69) is 6.92 Å². The predicted molar refractivity (Wildman–Crippen MR) is 91.5 cm³/mol. The summed E-state index contributed by atoms with van der Waals surface area (Å²) < 4.78 is 5.14. The van der Waals surface area contributed by atoms with E-state index in [-0.39, 0.29) is 24.4 Å². The Balaban J connectivity index is 0.00000242. The number of methoxy groups -OCH3 is 1. The standard InChI is InChI=1S/C17H26N2O2.ClH/c1-13-9-10-19(15(11-13)12-18)17(20)8-5-14-3-6-16(21-2)7-4-14;/h3-4,6-7,13,15H,5,8-12,18H2,1-2H3;1H. The molecular formula is C17H27ClN2O2. The average molecular weight is 327 g/mol. The van der Waals surface area contributed by atoms with Gasteiger partial charge in [-0.05, 0) is 42.9 Å². The smallest absolute Gasteiger partial charge is 0.223 e. The maximum absolute atomic E-state index is 12.4. The zero-order chi connectivity index (χ0) is 15.2. The van der Waals surface area contributed by atoms with Crippen molar-refractivity contribution in [2.75, 3.05) is 20.2 Å². The zero-order valence-electron chi connectivity index (χ0n) is 13.5. The second-order valence-electron chi connectivity index (χ2n) is 5.95. The first kappa shape index (κ1) is 18.8. The molecule has 0 radical (unpaired) electrons. The van der Waals surface area contributed by atoms with Crippen molar-refractivity contribution in [1.29, 1.82) is 0 Å².